The number of halogens is 1. The van der Waals surface area contributed by atoms with Crippen molar-refractivity contribution >= 4 is 22.4 Å². The third kappa shape index (κ3) is 3.51. The van der Waals surface area contributed by atoms with Gasteiger partial charge in [0.05, 0.1) is 7.11 Å². The summed E-state index contributed by atoms with van der Waals surface area (Å²) in [5.74, 6) is -0.483. The van der Waals surface area contributed by atoms with Crippen molar-refractivity contribution in [3.05, 3.63) is 40.7 Å². The number of methoxy groups -OCH3 is 1. The van der Waals surface area contributed by atoms with Gasteiger partial charge in [-0.1, -0.05) is 6.07 Å². The zero-order valence-corrected chi connectivity index (χ0v) is 13.6. The number of piperidine rings is 1. The fourth-order valence-corrected chi connectivity index (χ4v) is 3.67. The number of ether oxygens (including phenoxy) is 1. The van der Waals surface area contributed by atoms with Gasteiger partial charge in [0.25, 0.3) is 5.91 Å². The first-order valence-electron chi connectivity index (χ1n) is 7.49. The number of amides is 1. The minimum absolute atomic E-state index is 0.103. The Morgan fingerprint density at radius 1 is 1.43 bits per heavy atom. The van der Waals surface area contributed by atoms with Crippen molar-refractivity contribution in [1.82, 2.24) is 10.3 Å². The molecule has 2 aromatic rings. The lowest BCUT2D eigenvalue weighted by Gasteiger charge is -2.20. The van der Waals surface area contributed by atoms with Crippen LogP contribution < -0.4 is 15.4 Å². The fourth-order valence-electron chi connectivity index (χ4n) is 2.69. The lowest BCUT2D eigenvalue weighted by Crippen LogP contribution is -2.26. The Kier molecular flexibility index (Phi) is 4.88. The number of anilines is 1. The maximum Gasteiger partial charge on any atom is 0.264 e. The van der Waals surface area contributed by atoms with Crippen LogP contribution in [0.25, 0.3) is 0 Å². The molecule has 3 rings (SSSR count). The summed E-state index contributed by atoms with van der Waals surface area (Å²) >= 11 is 1.45. The van der Waals surface area contributed by atoms with Crippen molar-refractivity contribution in [3.8, 4) is 5.75 Å². The summed E-state index contributed by atoms with van der Waals surface area (Å²) in [6.07, 6.45) is 3.93. The molecule has 5 nitrogen and oxygen atoms in total. The van der Waals surface area contributed by atoms with E-state index in [-0.39, 0.29) is 11.3 Å². The van der Waals surface area contributed by atoms with Crippen molar-refractivity contribution in [2.75, 3.05) is 25.5 Å². The molecule has 122 valence electrons. The summed E-state index contributed by atoms with van der Waals surface area (Å²) in [5.41, 5.74) is -0.103. The number of carbonyl (C=O) groups excluding carboxylic acids is 1. The van der Waals surface area contributed by atoms with Crippen LogP contribution in [0.4, 0.5) is 9.52 Å². The number of aromatic nitrogens is 1. The number of carbonyl (C=O) groups is 1. The maximum atomic E-state index is 13.9. The Labute approximate surface area is 137 Å². The monoisotopic (exact) mass is 335 g/mol. The van der Waals surface area contributed by atoms with Gasteiger partial charge in [-0.3, -0.25) is 10.1 Å². The molecule has 7 heteroatoms. The van der Waals surface area contributed by atoms with Crippen molar-refractivity contribution in [2.24, 2.45) is 0 Å². The molecule has 1 fully saturated rings. The average molecular weight is 335 g/mol. The molecule has 1 saturated heterocycles. The zero-order chi connectivity index (χ0) is 16.2. The van der Waals surface area contributed by atoms with E-state index < -0.39 is 11.7 Å². The molecule has 1 aliphatic heterocycles. The highest BCUT2D eigenvalue weighted by atomic mass is 32.1. The van der Waals surface area contributed by atoms with Gasteiger partial charge in [0.15, 0.2) is 5.13 Å². The van der Waals surface area contributed by atoms with E-state index in [9.17, 15) is 9.18 Å². The van der Waals surface area contributed by atoms with Crippen LogP contribution >= 0.6 is 11.3 Å². The van der Waals surface area contributed by atoms with Gasteiger partial charge >= 0.3 is 0 Å². The molecule has 2 heterocycles. The minimum Gasteiger partial charge on any atom is -0.496 e. The molecule has 0 unspecified atom stereocenters. The number of nitrogens with zero attached hydrogens (tertiary/aromatic N) is 1. The van der Waals surface area contributed by atoms with Crippen LogP contribution in [0.5, 0.6) is 5.75 Å². The van der Waals surface area contributed by atoms with Crippen LogP contribution in [0.3, 0.4) is 0 Å². The first-order valence-corrected chi connectivity index (χ1v) is 8.31. The van der Waals surface area contributed by atoms with Crippen molar-refractivity contribution in [2.45, 2.75) is 18.8 Å². The van der Waals surface area contributed by atoms with E-state index in [0.29, 0.717) is 11.0 Å². The quantitative estimate of drug-likeness (QED) is 0.901. The molecule has 1 amide bonds. The lowest BCUT2D eigenvalue weighted by atomic mass is 9.97. The lowest BCUT2D eigenvalue weighted by molar-refractivity contribution is 0.102. The second-order valence-corrected chi connectivity index (χ2v) is 6.43. The highest BCUT2D eigenvalue weighted by molar-refractivity contribution is 7.15. The van der Waals surface area contributed by atoms with E-state index in [1.165, 1.54) is 30.6 Å². The van der Waals surface area contributed by atoms with Gasteiger partial charge in [-0.05, 0) is 44.0 Å². The largest absolute Gasteiger partial charge is 0.496 e. The molecule has 0 atom stereocenters. The van der Waals surface area contributed by atoms with E-state index >= 15 is 0 Å². The van der Waals surface area contributed by atoms with E-state index in [2.05, 4.69) is 15.6 Å². The predicted octanol–water partition coefficient (Wildman–Crippen LogP) is 3.01. The number of hydrogen-bond acceptors (Lipinski definition) is 5. The second-order valence-electron chi connectivity index (χ2n) is 5.36. The third-order valence-corrected chi connectivity index (χ3v) is 4.98. The van der Waals surface area contributed by atoms with E-state index in [4.69, 9.17) is 4.74 Å². The van der Waals surface area contributed by atoms with Crippen molar-refractivity contribution in [3.63, 3.8) is 0 Å². The molecule has 0 bridgehead atoms. The van der Waals surface area contributed by atoms with Crippen LogP contribution in [0.2, 0.25) is 0 Å². The van der Waals surface area contributed by atoms with Crippen LogP contribution in [0.1, 0.15) is 34.0 Å². The normalized spacial score (nSPS) is 15.4. The number of rotatable bonds is 4. The second kappa shape index (κ2) is 7.06. The molecule has 0 saturated carbocycles. The number of benzene rings is 1. The Hall–Kier alpha value is -1.99. The molecule has 1 aromatic heterocycles. The fraction of sp³-hybridized carbons (Fsp3) is 0.375. The van der Waals surface area contributed by atoms with Gasteiger partial charge in [-0.25, -0.2) is 9.37 Å². The number of thiazole rings is 1. The molecule has 23 heavy (non-hydrogen) atoms. The van der Waals surface area contributed by atoms with Gasteiger partial charge in [-0.2, -0.15) is 0 Å². The Morgan fingerprint density at radius 3 is 2.96 bits per heavy atom. The van der Waals surface area contributed by atoms with Crippen molar-refractivity contribution in [1.29, 1.82) is 0 Å². The standard InChI is InChI=1S/C16H18FN3O2S/c1-22-12-4-2-3-11(17)14(12)15(21)20-16-19-9-13(23-16)10-5-7-18-8-6-10/h2-4,9-10,18H,5-8H2,1H3,(H,19,20,21). The Morgan fingerprint density at radius 2 is 2.22 bits per heavy atom. The van der Waals surface area contributed by atoms with Gasteiger partial charge in [-0.15, -0.1) is 11.3 Å². The summed E-state index contributed by atoms with van der Waals surface area (Å²) < 4.78 is 19.0. The number of nitrogens with one attached hydrogen (secondary N) is 2. The summed E-state index contributed by atoms with van der Waals surface area (Å²) in [5, 5.41) is 6.47. The molecule has 1 aliphatic rings. The SMILES string of the molecule is COc1cccc(F)c1C(=O)Nc1ncc(C2CCNCC2)s1. The highest BCUT2D eigenvalue weighted by Crippen LogP contribution is 2.32. The summed E-state index contributed by atoms with van der Waals surface area (Å²) in [7, 11) is 1.41. The molecule has 2 N–H and O–H groups in total. The molecule has 0 spiro atoms. The Bertz CT molecular complexity index is 698. The van der Waals surface area contributed by atoms with E-state index in [0.717, 1.165) is 30.8 Å². The topological polar surface area (TPSA) is 63.2 Å². The minimum atomic E-state index is -0.614. The summed E-state index contributed by atoms with van der Waals surface area (Å²) in [6, 6.07) is 4.30. The van der Waals surface area contributed by atoms with Gasteiger partial charge in [0, 0.05) is 11.1 Å². The molecular weight excluding hydrogens is 317 g/mol. The van der Waals surface area contributed by atoms with Gasteiger partial charge in [0.2, 0.25) is 0 Å². The van der Waals surface area contributed by atoms with Crippen LogP contribution in [-0.4, -0.2) is 31.1 Å². The zero-order valence-electron chi connectivity index (χ0n) is 12.8. The predicted molar refractivity (Wildman–Crippen MR) is 87.9 cm³/mol. The Balaban J connectivity index is 1.75. The van der Waals surface area contributed by atoms with Crippen LogP contribution in [0.15, 0.2) is 24.4 Å². The molecular formula is C16H18FN3O2S. The molecule has 0 radical (unpaired) electrons. The smallest absolute Gasteiger partial charge is 0.264 e. The highest BCUT2D eigenvalue weighted by Gasteiger charge is 2.21. The molecule has 1 aromatic carbocycles. The van der Waals surface area contributed by atoms with Gasteiger partial charge < -0.3 is 10.1 Å². The van der Waals surface area contributed by atoms with E-state index in [1.54, 1.807) is 12.3 Å². The van der Waals surface area contributed by atoms with E-state index in [1.807, 2.05) is 0 Å². The first-order chi connectivity index (χ1) is 11.2. The average Bonchev–Trinajstić information content (AvgIpc) is 3.03. The summed E-state index contributed by atoms with van der Waals surface area (Å²) in [6.45, 7) is 1.99. The van der Waals surface area contributed by atoms with Crippen LogP contribution in [-0.2, 0) is 0 Å². The number of hydrogen-bond donors (Lipinski definition) is 2. The van der Waals surface area contributed by atoms with Crippen molar-refractivity contribution < 1.29 is 13.9 Å². The summed E-state index contributed by atoms with van der Waals surface area (Å²) in [4.78, 5) is 17.7. The first kappa shape index (κ1) is 15.9. The maximum absolute atomic E-state index is 13.9. The van der Waals surface area contributed by atoms with Crippen LogP contribution in [0, 0.1) is 5.82 Å². The van der Waals surface area contributed by atoms with Gasteiger partial charge in [0.1, 0.15) is 17.1 Å². The molecule has 0 aliphatic carbocycles. The third-order valence-electron chi connectivity index (χ3n) is 3.91.